The average molecular weight is 322 g/mol. The number of nitrogens with zero attached hydrogens (tertiary/aromatic N) is 1. The number of aryl methyl sites for hydroxylation is 1. The van der Waals surface area contributed by atoms with Crippen molar-refractivity contribution in [3.8, 4) is 0 Å². The van der Waals surface area contributed by atoms with Crippen LogP contribution in [0.2, 0.25) is 0 Å². The van der Waals surface area contributed by atoms with Crippen molar-refractivity contribution < 1.29 is 27.9 Å². The fraction of sp³-hybridized carbons (Fsp3) is 0.583. The number of hydrogen-bond acceptors (Lipinski definition) is 5. The molecule has 0 bridgehead atoms. The second kappa shape index (κ2) is 5.72. The van der Waals surface area contributed by atoms with E-state index in [-0.39, 0.29) is 11.7 Å². The van der Waals surface area contributed by atoms with Gasteiger partial charge in [-0.3, -0.25) is 4.79 Å². The van der Waals surface area contributed by atoms with Gasteiger partial charge in [0.1, 0.15) is 0 Å². The molecule has 1 saturated carbocycles. The van der Waals surface area contributed by atoms with Gasteiger partial charge in [0.25, 0.3) is 0 Å². The minimum atomic E-state index is -5.08. The normalized spacial score (nSPS) is 26.6. The molecule has 0 amide bonds. The van der Waals surface area contributed by atoms with Gasteiger partial charge in [-0.05, 0) is 31.8 Å². The summed E-state index contributed by atoms with van der Waals surface area (Å²) in [7, 11) is 0. The Hall–Kier alpha value is -1.48. The van der Waals surface area contributed by atoms with Crippen molar-refractivity contribution in [2.75, 3.05) is 13.1 Å². The number of halogens is 3. The summed E-state index contributed by atoms with van der Waals surface area (Å²) in [5.74, 6) is -0.993. The lowest BCUT2D eigenvalue weighted by atomic mass is 10.2. The highest BCUT2D eigenvalue weighted by Crippen LogP contribution is 2.50. The van der Waals surface area contributed by atoms with Gasteiger partial charge < -0.3 is 10.4 Å². The zero-order chi connectivity index (χ0) is 15.8. The van der Waals surface area contributed by atoms with Crippen LogP contribution in [-0.4, -0.2) is 41.1 Å². The molecular formula is C12H13F3N2O3S. The maximum Gasteiger partial charge on any atom is 0.490 e. The summed E-state index contributed by atoms with van der Waals surface area (Å²) in [6.07, 6.45) is -5.08. The molecule has 0 radical (unpaired) electrons. The summed E-state index contributed by atoms with van der Waals surface area (Å²) in [6.45, 7) is 3.97. The summed E-state index contributed by atoms with van der Waals surface area (Å²) >= 11 is 1.48. The van der Waals surface area contributed by atoms with Crippen LogP contribution in [-0.2, 0) is 4.79 Å². The molecule has 2 aliphatic rings. The zero-order valence-corrected chi connectivity index (χ0v) is 11.8. The Morgan fingerprint density at radius 2 is 1.90 bits per heavy atom. The number of rotatable bonds is 2. The molecule has 5 nitrogen and oxygen atoms in total. The van der Waals surface area contributed by atoms with Crippen LogP contribution in [0.4, 0.5) is 13.2 Å². The maximum absolute atomic E-state index is 12.0. The van der Waals surface area contributed by atoms with Crippen LogP contribution in [0.5, 0.6) is 0 Å². The number of carbonyl (C=O) groups excluding carboxylic acids is 1. The molecular weight excluding hydrogens is 309 g/mol. The molecule has 9 heteroatoms. The van der Waals surface area contributed by atoms with E-state index in [9.17, 15) is 18.0 Å². The molecule has 3 rings (SSSR count). The van der Waals surface area contributed by atoms with Gasteiger partial charge in [0.2, 0.25) is 0 Å². The van der Waals surface area contributed by atoms with Gasteiger partial charge in [-0.2, -0.15) is 13.2 Å². The third-order valence-corrected chi connectivity index (χ3v) is 4.44. The summed E-state index contributed by atoms with van der Waals surface area (Å²) in [4.78, 5) is 25.1. The molecule has 1 aliphatic heterocycles. The number of thiazole rings is 1. The summed E-state index contributed by atoms with van der Waals surface area (Å²) in [6, 6.07) is 0. The molecule has 2 N–H and O–H groups in total. The number of carboxylic acid groups (broad SMARTS) is 1. The topological polar surface area (TPSA) is 79.3 Å². The van der Waals surface area contributed by atoms with Crippen LogP contribution in [0.3, 0.4) is 0 Å². The van der Waals surface area contributed by atoms with E-state index in [1.807, 2.05) is 12.3 Å². The SMILES string of the molecule is Cc1csc(C(=O)C2[C@H]3CNC[C@@H]23)n1.O=C(O)C(F)(F)F. The third kappa shape index (κ3) is 3.59. The maximum atomic E-state index is 12.0. The van der Waals surface area contributed by atoms with Crippen molar-refractivity contribution in [2.24, 2.45) is 17.8 Å². The number of aromatic nitrogens is 1. The fourth-order valence-electron chi connectivity index (χ4n) is 2.42. The lowest BCUT2D eigenvalue weighted by molar-refractivity contribution is -0.192. The van der Waals surface area contributed by atoms with E-state index in [2.05, 4.69) is 10.3 Å². The lowest BCUT2D eigenvalue weighted by Crippen LogP contribution is -2.21. The van der Waals surface area contributed by atoms with Gasteiger partial charge in [0.05, 0.1) is 0 Å². The third-order valence-electron chi connectivity index (χ3n) is 3.47. The first-order chi connectivity index (χ1) is 9.71. The first kappa shape index (κ1) is 15.9. The average Bonchev–Trinajstić information content (AvgIpc) is 2.78. The smallest absolute Gasteiger partial charge is 0.475 e. The van der Waals surface area contributed by atoms with E-state index in [4.69, 9.17) is 9.90 Å². The Bertz CT molecular complexity index is 548. The van der Waals surface area contributed by atoms with E-state index in [1.54, 1.807) is 0 Å². The first-order valence-electron chi connectivity index (χ1n) is 6.19. The van der Waals surface area contributed by atoms with Crippen molar-refractivity contribution >= 4 is 23.1 Å². The van der Waals surface area contributed by atoms with E-state index in [1.165, 1.54) is 11.3 Å². The second-order valence-corrected chi connectivity index (χ2v) is 5.83. The number of carboxylic acids is 1. The van der Waals surface area contributed by atoms with Crippen LogP contribution in [0, 0.1) is 24.7 Å². The Labute approximate surface area is 122 Å². The van der Waals surface area contributed by atoms with Crippen LogP contribution < -0.4 is 5.32 Å². The molecule has 1 aromatic rings. The molecule has 1 unspecified atom stereocenters. The molecule has 3 atom stereocenters. The van der Waals surface area contributed by atoms with Crippen molar-refractivity contribution in [3.63, 3.8) is 0 Å². The van der Waals surface area contributed by atoms with E-state index in [0.29, 0.717) is 16.8 Å². The number of fused-ring (bicyclic) bond motifs is 1. The Morgan fingerprint density at radius 3 is 2.29 bits per heavy atom. The van der Waals surface area contributed by atoms with Crippen LogP contribution in [0.25, 0.3) is 0 Å². The van der Waals surface area contributed by atoms with E-state index < -0.39 is 12.1 Å². The van der Waals surface area contributed by atoms with Gasteiger partial charge >= 0.3 is 12.1 Å². The number of ketones is 1. The highest BCUT2D eigenvalue weighted by molar-refractivity contribution is 7.11. The quantitative estimate of drug-likeness (QED) is 0.811. The standard InChI is InChI=1S/C10H12N2OS.C2HF3O2/c1-5-4-14-10(12-5)9(13)8-6-2-11-3-7(6)8;3-2(4,5)1(6)7/h4,6-8,11H,2-3H2,1H3;(H,6,7)/t6-,7+,8?;. The largest absolute Gasteiger partial charge is 0.490 e. The van der Waals surface area contributed by atoms with Gasteiger partial charge in [0.15, 0.2) is 10.8 Å². The lowest BCUT2D eigenvalue weighted by Gasteiger charge is -2.00. The fourth-order valence-corrected chi connectivity index (χ4v) is 3.20. The predicted octanol–water partition coefficient (Wildman–Crippen LogP) is 1.73. The molecule has 0 aromatic carbocycles. The second-order valence-electron chi connectivity index (χ2n) is 4.97. The van der Waals surface area contributed by atoms with Crippen LogP contribution >= 0.6 is 11.3 Å². The van der Waals surface area contributed by atoms with E-state index in [0.717, 1.165) is 18.8 Å². The molecule has 1 saturated heterocycles. The van der Waals surface area contributed by atoms with Gasteiger partial charge in [0, 0.05) is 17.0 Å². The number of piperidine rings is 1. The summed E-state index contributed by atoms with van der Waals surface area (Å²) in [5, 5.41) is 13.1. The number of Topliss-reactive ketones (excluding diaryl/α,β-unsaturated/α-hetero) is 1. The van der Waals surface area contributed by atoms with Crippen LogP contribution in [0.15, 0.2) is 5.38 Å². The van der Waals surface area contributed by atoms with Crippen molar-refractivity contribution in [2.45, 2.75) is 13.1 Å². The van der Waals surface area contributed by atoms with Gasteiger partial charge in [-0.25, -0.2) is 9.78 Å². The van der Waals surface area contributed by atoms with Crippen molar-refractivity contribution in [3.05, 3.63) is 16.1 Å². The molecule has 21 heavy (non-hydrogen) atoms. The number of alkyl halides is 3. The number of aliphatic carboxylic acids is 1. The summed E-state index contributed by atoms with van der Waals surface area (Å²) < 4.78 is 31.7. The van der Waals surface area contributed by atoms with Gasteiger partial charge in [-0.1, -0.05) is 0 Å². The highest BCUT2D eigenvalue weighted by atomic mass is 32.1. The summed E-state index contributed by atoms with van der Waals surface area (Å²) in [5.41, 5.74) is 0.960. The number of hydrogen-bond donors (Lipinski definition) is 2. The molecule has 2 heterocycles. The number of nitrogens with one attached hydrogen (secondary N) is 1. The van der Waals surface area contributed by atoms with Crippen molar-refractivity contribution in [1.82, 2.24) is 10.3 Å². The molecule has 0 spiro atoms. The highest BCUT2D eigenvalue weighted by Gasteiger charge is 2.57. The van der Waals surface area contributed by atoms with E-state index >= 15 is 0 Å². The Morgan fingerprint density at radius 1 is 1.38 bits per heavy atom. The Balaban J connectivity index is 0.000000199. The first-order valence-corrected chi connectivity index (χ1v) is 7.07. The van der Waals surface area contributed by atoms with Gasteiger partial charge in [-0.15, -0.1) is 11.3 Å². The zero-order valence-electron chi connectivity index (χ0n) is 11.0. The monoisotopic (exact) mass is 322 g/mol. The van der Waals surface area contributed by atoms with Crippen LogP contribution in [0.1, 0.15) is 15.5 Å². The minimum Gasteiger partial charge on any atom is -0.475 e. The molecule has 2 fully saturated rings. The molecule has 1 aliphatic carbocycles. The Kier molecular flexibility index (Phi) is 4.33. The number of carbonyl (C=O) groups is 2. The minimum absolute atomic E-state index is 0.277. The van der Waals surface area contributed by atoms with Crippen molar-refractivity contribution in [1.29, 1.82) is 0 Å². The predicted molar refractivity (Wildman–Crippen MR) is 68.2 cm³/mol. The molecule has 1 aromatic heterocycles. The molecule has 116 valence electrons.